The molecule has 3 aromatic rings. The standard InChI is InChI=1S/C23H25N3O3/c1-25(2)20(21-11-6-12-29-21)14-24-23(28)17-13-22(27)26(15-17)19-10-5-8-16-7-3-4-9-18(16)19/h3-12,17,20H,13-15H2,1-2H3,(H,24,28). The van der Waals surface area contributed by atoms with Crippen molar-refractivity contribution >= 4 is 28.3 Å². The number of hydrogen-bond acceptors (Lipinski definition) is 4. The molecular formula is C23H25N3O3. The minimum atomic E-state index is -0.360. The van der Waals surface area contributed by atoms with E-state index in [0.29, 0.717) is 13.1 Å². The lowest BCUT2D eigenvalue weighted by Crippen LogP contribution is -2.38. The highest BCUT2D eigenvalue weighted by Crippen LogP contribution is 2.31. The van der Waals surface area contributed by atoms with Gasteiger partial charge in [0.15, 0.2) is 0 Å². The van der Waals surface area contributed by atoms with Gasteiger partial charge in [0.1, 0.15) is 5.76 Å². The topological polar surface area (TPSA) is 65.8 Å². The Labute approximate surface area is 170 Å². The lowest BCUT2D eigenvalue weighted by Gasteiger charge is -2.23. The Kier molecular flexibility index (Phi) is 5.36. The summed E-state index contributed by atoms with van der Waals surface area (Å²) in [5, 5.41) is 5.11. The summed E-state index contributed by atoms with van der Waals surface area (Å²) in [5.41, 5.74) is 0.866. The molecule has 1 N–H and O–H groups in total. The van der Waals surface area contributed by atoms with Crippen LogP contribution < -0.4 is 10.2 Å². The predicted octanol–water partition coefficient (Wildman–Crippen LogP) is 3.20. The lowest BCUT2D eigenvalue weighted by molar-refractivity contribution is -0.126. The summed E-state index contributed by atoms with van der Waals surface area (Å²) >= 11 is 0. The molecule has 0 spiro atoms. The van der Waals surface area contributed by atoms with E-state index in [1.165, 1.54) is 0 Å². The molecule has 1 aromatic heterocycles. The van der Waals surface area contributed by atoms with Gasteiger partial charge in [0, 0.05) is 24.9 Å². The summed E-state index contributed by atoms with van der Waals surface area (Å²) in [6.45, 7) is 0.824. The number of hydrogen-bond donors (Lipinski definition) is 1. The van der Waals surface area contributed by atoms with Crippen LogP contribution in [0, 0.1) is 5.92 Å². The van der Waals surface area contributed by atoms with Crippen LogP contribution in [0.25, 0.3) is 10.8 Å². The maximum atomic E-state index is 12.8. The van der Waals surface area contributed by atoms with Crippen molar-refractivity contribution in [2.75, 3.05) is 32.1 Å². The van der Waals surface area contributed by atoms with Crippen LogP contribution in [-0.2, 0) is 9.59 Å². The van der Waals surface area contributed by atoms with E-state index in [4.69, 9.17) is 4.42 Å². The molecule has 2 aromatic carbocycles. The van der Waals surface area contributed by atoms with Crippen molar-refractivity contribution in [1.82, 2.24) is 10.2 Å². The highest BCUT2D eigenvalue weighted by Gasteiger charge is 2.36. The molecule has 1 fully saturated rings. The number of carbonyl (C=O) groups excluding carboxylic acids is 2. The monoisotopic (exact) mass is 391 g/mol. The number of anilines is 1. The molecule has 6 nitrogen and oxygen atoms in total. The van der Waals surface area contributed by atoms with E-state index in [-0.39, 0.29) is 30.2 Å². The second kappa shape index (κ2) is 8.09. The predicted molar refractivity (Wildman–Crippen MR) is 113 cm³/mol. The van der Waals surface area contributed by atoms with Gasteiger partial charge in [-0.2, -0.15) is 0 Å². The number of nitrogens with one attached hydrogen (secondary N) is 1. The van der Waals surface area contributed by atoms with Gasteiger partial charge in [0.2, 0.25) is 11.8 Å². The Balaban J connectivity index is 1.45. The van der Waals surface area contributed by atoms with Gasteiger partial charge in [-0.3, -0.25) is 14.5 Å². The first-order valence-corrected chi connectivity index (χ1v) is 9.80. The summed E-state index contributed by atoms with van der Waals surface area (Å²) in [6.07, 6.45) is 1.85. The normalized spacial score (nSPS) is 17.8. The van der Waals surface area contributed by atoms with Gasteiger partial charge in [-0.15, -0.1) is 0 Å². The molecule has 0 saturated carbocycles. The van der Waals surface area contributed by atoms with Crippen LogP contribution >= 0.6 is 0 Å². The Hall–Kier alpha value is -3.12. The Morgan fingerprint density at radius 2 is 1.97 bits per heavy atom. The second-order valence-corrected chi connectivity index (χ2v) is 7.64. The highest BCUT2D eigenvalue weighted by atomic mass is 16.3. The van der Waals surface area contributed by atoms with Gasteiger partial charge in [-0.1, -0.05) is 36.4 Å². The van der Waals surface area contributed by atoms with Gasteiger partial charge >= 0.3 is 0 Å². The number of likely N-dealkylation sites (N-methyl/N-ethyl adjacent to an activating group) is 1. The van der Waals surface area contributed by atoms with Crippen LogP contribution in [0.3, 0.4) is 0 Å². The third-order valence-electron chi connectivity index (χ3n) is 5.52. The zero-order valence-electron chi connectivity index (χ0n) is 16.7. The molecule has 6 heteroatoms. The Bertz CT molecular complexity index is 1010. The van der Waals surface area contributed by atoms with Crippen molar-refractivity contribution in [2.45, 2.75) is 12.5 Å². The SMILES string of the molecule is CN(C)C(CNC(=O)C1CC(=O)N(c2cccc3ccccc23)C1)c1ccco1. The van der Waals surface area contributed by atoms with Crippen LogP contribution in [-0.4, -0.2) is 43.9 Å². The summed E-state index contributed by atoms with van der Waals surface area (Å²) in [4.78, 5) is 29.2. The van der Waals surface area contributed by atoms with Gasteiger partial charge in [0.05, 0.1) is 23.9 Å². The molecular weight excluding hydrogens is 366 g/mol. The number of nitrogens with zero attached hydrogens (tertiary/aromatic N) is 2. The maximum Gasteiger partial charge on any atom is 0.227 e. The highest BCUT2D eigenvalue weighted by molar-refractivity contribution is 6.06. The van der Waals surface area contributed by atoms with Gasteiger partial charge in [0.25, 0.3) is 0 Å². The first-order valence-electron chi connectivity index (χ1n) is 9.80. The number of benzene rings is 2. The lowest BCUT2D eigenvalue weighted by atomic mass is 10.1. The van der Waals surface area contributed by atoms with E-state index in [9.17, 15) is 9.59 Å². The molecule has 2 atom stereocenters. The second-order valence-electron chi connectivity index (χ2n) is 7.64. The van der Waals surface area contributed by atoms with E-state index < -0.39 is 0 Å². The molecule has 0 bridgehead atoms. The minimum Gasteiger partial charge on any atom is -0.468 e. The maximum absolute atomic E-state index is 12.8. The van der Waals surface area contributed by atoms with E-state index >= 15 is 0 Å². The largest absolute Gasteiger partial charge is 0.468 e. The van der Waals surface area contributed by atoms with Crippen molar-refractivity contribution in [3.05, 3.63) is 66.6 Å². The third-order valence-corrected chi connectivity index (χ3v) is 5.52. The van der Waals surface area contributed by atoms with Crippen LogP contribution in [0.4, 0.5) is 5.69 Å². The average molecular weight is 391 g/mol. The van der Waals surface area contributed by atoms with Crippen LogP contribution in [0.15, 0.2) is 65.3 Å². The zero-order chi connectivity index (χ0) is 20.4. The van der Waals surface area contributed by atoms with Crippen LogP contribution in [0.5, 0.6) is 0 Å². The average Bonchev–Trinajstić information content (AvgIpc) is 3.37. The first kappa shape index (κ1) is 19.2. The van der Waals surface area contributed by atoms with E-state index in [1.807, 2.05) is 73.6 Å². The molecule has 4 rings (SSSR count). The molecule has 1 aliphatic rings. The fourth-order valence-electron chi connectivity index (χ4n) is 3.92. The van der Waals surface area contributed by atoms with Crippen LogP contribution in [0.1, 0.15) is 18.2 Å². The van der Waals surface area contributed by atoms with Crippen molar-refractivity contribution in [2.24, 2.45) is 5.92 Å². The number of amides is 2. The van der Waals surface area contributed by atoms with Crippen molar-refractivity contribution in [3.8, 4) is 0 Å². The third kappa shape index (κ3) is 3.89. The van der Waals surface area contributed by atoms with E-state index in [2.05, 4.69) is 5.32 Å². The molecule has 1 aliphatic heterocycles. The zero-order valence-corrected chi connectivity index (χ0v) is 16.7. The fourth-order valence-corrected chi connectivity index (χ4v) is 3.92. The number of furan rings is 1. The summed E-state index contributed by atoms with van der Waals surface area (Å²) in [5.74, 6) is 0.326. The quantitative estimate of drug-likeness (QED) is 0.701. The molecule has 2 unspecified atom stereocenters. The molecule has 150 valence electrons. The summed E-state index contributed by atoms with van der Waals surface area (Å²) in [6, 6.07) is 17.6. The van der Waals surface area contributed by atoms with Crippen LogP contribution in [0.2, 0.25) is 0 Å². The van der Waals surface area contributed by atoms with Gasteiger partial charge in [-0.05, 0) is 37.7 Å². The number of rotatable bonds is 6. The molecule has 29 heavy (non-hydrogen) atoms. The summed E-state index contributed by atoms with van der Waals surface area (Å²) in [7, 11) is 3.89. The first-order chi connectivity index (χ1) is 14.0. The fraction of sp³-hybridized carbons (Fsp3) is 0.304. The molecule has 0 aliphatic carbocycles. The number of fused-ring (bicyclic) bond motifs is 1. The molecule has 2 heterocycles. The molecule has 1 saturated heterocycles. The van der Waals surface area contributed by atoms with Crippen molar-refractivity contribution in [1.29, 1.82) is 0 Å². The smallest absolute Gasteiger partial charge is 0.227 e. The molecule has 0 radical (unpaired) electrons. The summed E-state index contributed by atoms with van der Waals surface area (Å²) < 4.78 is 5.49. The molecule has 2 amide bonds. The van der Waals surface area contributed by atoms with Gasteiger partial charge in [-0.25, -0.2) is 0 Å². The van der Waals surface area contributed by atoms with Crippen molar-refractivity contribution in [3.63, 3.8) is 0 Å². The number of carbonyl (C=O) groups is 2. The van der Waals surface area contributed by atoms with E-state index in [0.717, 1.165) is 22.2 Å². The van der Waals surface area contributed by atoms with Gasteiger partial charge < -0.3 is 14.6 Å². The minimum absolute atomic E-state index is 0.0169. The van der Waals surface area contributed by atoms with E-state index in [1.54, 1.807) is 11.2 Å². The Morgan fingerprint density at radius 1 is 1.17 bits per heavy atom. The van der Waals surface area contributed by atoms with Crippen molar-refractivity contribution < 1.29 is 14.0 Å². The Morgan fingerprint density at radius 3 is 2.72 bits per heavy atom.